The van der Waals surface area contributed by atoms with Gasteiger partial charge in [0.2, 0.25) is 5.95 Å². The minimum Gasteiger partial charge on any atom is -0.378 e. The van der Waals surface area contributed by atoms with E-state index < -0.39 is 0 Å². The predicted octanol–water partition coefficient (Wildman–Crippen LogP) is 2.50. The summed E-state index contributed by atoms with van der Waals surface area (Å²) in [5.41, 5.74) is 1.21. The zero-order valence-corrected chi connectivity index (χ0v) is 11.8. The molecule has 110 valence electrons. The van der Waals surface area contributed by atoms with Crippen LogP contribution in [0, 0.1) is 12.7 Å². The number of nitrogens with one attached hydrogen (secondary N) is 1. The summed E-state index contributed by atoms with van der Waals surface area (Å²) >= 11 is 0. The Kier molecular flexibility index (Phi) is 3.96. The quantitative estimate of drug-likeness (QED) is 0.940. The highest BCUT2D eigenvalue weighted by Crippen LogP contribution is 2.20. The Morgan fingerprint density at radius 3 is 2.71 bits per heavy atom. The van der Waals surface area contributed by atoms with Crippen molar-refractivity contribution in [1.82, 2.24) is 9.97 Å². The predicted molar refractivity (Wildman–Crippen MR) is 79.5 cm³/mol. The number of hydrogen-bond acceptors (Lipinski definition) is 5. The van der Waals surface area contributed by atoms with E-state index in [2.05, 4.69) is 20.2 Å². The summed E-state index contributed by atoms with van der Waals surface area (Å²) in [6.45, 7) is 4.89. The molecule has 1 aromatic heterocycles. The van der Waals surface area contributed by atoms with Gasteiger partial charge in [-0.05, 0) is 19.1 Å². The molecule has 6 heteroatoms. The second-order valence-corrected chi connectivity index (χ2v) is 4.90. The van der Waals surface area contributed by atoms with Crippen molar-refractivity contribution in [1.29, 1.82) is 0 Å². The third kappa shape index (κ3) is 3.28. The Hall–Kier alpha value is -2.21. The number of para-hydroxylation sites is 1. The maximum absolute atomic E-state index is 13.7. The Labute approximate surface area is 122 Å². The van der Waals surface area contributed by atoms with Gasteiger partial charge in [-0.2, -0.15) is 4.98 Å². The highest BCUT2D eigenvalue weighted by atomic mass is 19.1. The van der Waals surface area contributed by atoms with E-state index in [1.165, 1.54) is 6.07 Å². The average molecular weight is 288 g/mol. The summed E-state index contributed by atoms with van der Waals surface area (Å²) < 4.78 is 19.0. The summed E-state index contributed by atoms with van der Waals surface area (Å²) in [5, 5.41) is 2.94. The minimum absolute atomic E-state index is 0.324. The molecule has 0 radical (unpaired) electrons. The molecule has 5 nitrogen and oxygen atoms in total. The molecule has 3 rings (SSSR count). The van der Waals surface area contributed by atoms with E-state index in [1.807, 2.05) is 13.0 Å². The normalized spacial score (nSPS) is 15.0. The van der Waals surface area contributed by atoms with Crippen molar-refractivity contribution in [2.45, 2.75) is 6.92 Å². The first-order valence-electron chi connectivity index (χ1n) is 6.92. The molecule has 0 aliphatic carbocycles. The van der Waals surface area contributed by atoms with Gasteiger partial charge in [0.15, 0.2) is 0 Å². The molecule has 0 unspecified atom stereocenters. The standard InChI is InChI=1S/C15H17FN4O/c1-11-10-14(20-6-8-21-9-7-20)19-15(17-11)18-13-5-3-2-4-12(13)16/h2-5,10H,6-9H2,1H3,(H,17,18,19). The second-order valence-electron chi connectivity index (χ2n) is 4.90. The number of benzene rings is 1. The van der Waals surface area contributed by atoms with E-state index in [4.69, 9.17) is 4.74 Å². The number of hydrogen-bond donors (Lipinski definition) is 1. The number of aromatic nitrogens is 2. The molecule has 21 heavy (non-hydrogen) atoms. The molecule has 2 heterocycles. The number of nitrogens with zero attached hydrogens (tertiary/aromatic N) is 3. The van der Waals surface area contributed by atoms with Gasteiger partial charge in [0.05, 0.1) is 18.9 Å². The van der Waals surface area contributed by atoms with E-state index >= 15 is 0 Å². The first-order valence-corrected chi connectivity index (χ1v) is 6.92. The molecule has 0 amide bonds. The summed E-state index contributed by atoms with van der Waals surface area (Å²) in [5.74, 6) is 0.918. The number of morpholine rings is 1. The average Bonchev–Trinajstić information content (AvgIpc) is 2.50. The van der Waals surface area contributed by atoms with Gasteiger partial charge in [0, 0.05) is 24.8 Å². The van der Waals surface area contributed by atoms with Gasteiger partial charge >= 0.3 is 0 Å². The van der Waals surface area contributed by atoms with E-state index in [1.54, 1.807) is 18.2 Å². The third-order valence-corrected chi connectivity index (χ3v) is 3.30. The second kappa shape index (κ2) is 6.05. The van der Waals surface area contributed by atoms with Crippen LogP contribution in [0.4, 0.5) is 21.8 Å². The van der Waals surface area contributed by atoms with Gasteiger partial charge in [0.1, 0.15) is 11.6 Å². The van der Waals surface area contributed by atoms with E-state index in [0.29, 0.717) is 24.8 Å². The van der Waals surface area contributed by atoms with Gasteiger partial charge in [-0.1, -0.05) is 12.1 Å². The Morgan fingerprint density at radius 1 is 1.19 bits per heavy atom. The lowest BCUT2D eigenvalue weighted by Crippen LogP contribution is -2.36. The number of aryl methyl sites for hydroxylation is 1. The molecular formula is C15H17FN4O. The summed E-state index contributed by atoms with van der Waals surface area (Å²) in [6.07, 6.45) is 0. The molecule has 0 atom stereocenters. The van der Waals surface area contributed by atoms with Crippen LogP contribution >= 0.6 is 0 Å². The fraction of sp³-hybridized carbons (Fsp3) is 0.333. The number of rotatable bonds is 3. The van der Waals surface area contributed by atoms with Crippen molar-refractivity contribution in [3.05, 3.63) is 41.8 Å². The van der Waals surface area contributed by atoms with Crippen LogP contribution in [-0.4, -0.2) is 36.3 Å². The molecule has 0 bridgehead atoms. The van der Waals surface area contributed by atoms with Gasteiger partial charge in [-0.3, -0.25) is 0 Å². The minimum atomic E-state index is -0.324. The largest absolute Gasteiger partial charge is 0.378 e. The fourth-order valence-corrected chi connectivity index (χ4v) is 2.25. The fourth-order valence-electron chi connectivity index (χ4n) is 2.25. The molecule has 1 aromatic carbocycles. The van der Waals surface area contributed by atoms with Crippen LogP contribution in [0.25, 0.3) is 0 Å². The Balaban J connectivity index is 1.85. The van der Waals surface area contributed by atoms with Crippen LogP contribution in [-0.2, 0) is 4.74 Å². The number of halogens is 1. The molecular weight excluding hydrogens is 271 g/mol. The smallest absolute Gasteiger partial charge is 0.229 e. The van der Waals surface area contributed by atoms with Crippen LogP contribution in [0.15, 0.2) is 30.3 Å². The molecule has 0 spiro atoms. The monoisotopic (exact) mass is 288 g/mol. The lowest BCUT2D eigenvalue weighted by atomic mass is 10.3. The highest BCUT2D eigenvalue weighted by molar-refractivity contribution is 5.56. The van der Waals surface area contributed by atoms with Crippen LogP contribution in [0.3, 0.4) is 0 Å². The van der Waals surface area contributed by atoms with Crippen LogP contribution in [0.5, 0.6) is 0 Å². The van der Waals surface area contributed by atoms with Gasteiger partial charge < -0.3 is 15.0 Å². The molecule has 1 N–H and O–H groups in total. The summed E-state index contributed by atoms with van der Waals surface area (Å²) in [4.78, 5) is 10.9. The van der Waals surface area contributed by atoms with Crippen molar-refractivity contribution in [2.75, 3.05) is 36.5 Å². The van der Waals surface area contributed by atoms with E-state index in [-0.39, 0.29) is 5.82 Å². The van der Waals surface area contributed by atoms with Crippen LogP contribution in [0.1, 0.15) is 5.69 Å². The molecule has 1 saturated heterocycles. The SMILES string of the molecule is Cc1cc(N2CCOCC2)nc(Nc2ccccc2F)n1. The van der Waals surface area contributed by atoms with Crippen molar-refractivity contribution in [3.63, 3.8) is 0 Å². The van der Waals surface area contributed by atoms with Crippen LogP contribution < -0.4 is 10.2 Å². The first-order chi connectivity index (χ1) is 10.2. The lowest BCUT2D eigenvalue weighted by molar-refractivity contribution is 0.122. The Bertz CT molecular complexity index is 629. The van der Waals surface area contributed by atoms with Crippen molar-refractivity contribution >= 4 is 17.5 Å². The number of anilines is 3. The van der Waals surface area contributed by atoms with Gasteiger partial charge in [-0.15, -0.1) is 0 Å². The van der Waals surface area contributed by atoms with Gasteiger partial charge in [0.25, 0.3) is 0 Å². The van der Waals surface area contributed by atoms with Crippen molar-refractivity contribution < 1.29 is 9.13 Å². The molecule has 1 fully saturated rings. The first kappa shape index (κ1) is 13.8. The maximum atomic E-state index is 13.7. The Morgan fingerprint density at radius 2 is 1.95 bits per heavy atom. The lowest BCUT2D eigenvalue weighted by Gasteiger charge is -2.28. The van der Waals surface area contributed by atoms with E-state index in [9.17, 15) is 4.39 Å². The van der Waals surface area contributed by atoms with Gasteiger partial charge in [-0.25, -0.2) is 9.37 Å². The van der Waals surface area contributed by atoms with Crippen molar-refractivity contribution in [3.8, 4) is 0 Å². The molecule has 1 aliphatic heterocycles. The highest BCUT2D eigenvalue weighted by Gasteiger charge is 2.14. The third-order valence-electron chi connectivity index (χ3n) is 3.30. The summed E-state index contributed by atoms with van der Waals surface area (Å²) in [7, 11) is 0. The molecule has 1 aliphatic rings. The van der Waals surface area contributed by atoms with E-state index in [0.717, 1.165) is 24.6 Å². The number of ether oxygens (including phenoxy) is 1. The summed E-state index contributed by atoms with van der Waals surface area (Å²) in [6, 6.07) is 8.41. The maximum Gasteiger partial charge on any atom is 0.229 e. The molecule has 2 aromatic rings. The van der Waals surface area contributed by atoms with Crippen LogP contribution in [0.2, 0.25) is 0 Å². The molecule has 0 saturated carbocycles. The topological polar surface area (TPSA) is 50.3 Å². The zero-order chi connectivity index (χ0) is 14.7. The van der Waals surface area contributed by atoms with Crippen molar-refractivity contribution in [2.24, 2.45) is 0 Å². The zero-order valence-electron chi connectivity index (χ0n) is 11.8.